The summed E-state index contributed by atoms with van der Waals surface area (Å²) in [5.41, 5.74) is 8.05. The van der Waals surface area contributed by atoms with Gasteiger partial charge in [0.2, 0.25) is 0 Å². The van der Waals surface area contributed by atoms with Crippen LogP contribution in [0.25, 0.3) is 11.3 Å². The van der Waals surface area contributed by atoms with Crippen molar-refractivity contribution in [3.63, 3.8) is 0 Å². The Morgan fingerprint density at radius 2 is 1.55 bits per heavy atom. The minimum atomic E-state index is -0.293. The zero-order valence-electron chi connectivity index (χ0n) is 16.5. The fourth-order valence-electron chi connectivity index (χ4n) is 3.54. The molecule has 0 saturated heterocycles. The van der Waals surface area contributed by atoms with Crippen molar-refractivity contribution < 1.29 is 9.59 Å². The maximum absolute atomic E-state index is 12.6. The van der Waals surface area contributed by atoms with Gasteiger partial charge in [-0.1, -0.05) is 54.7 Å². The highest BCUT2D eigenvalue weighted by Gasteiger charge is 2.35. The van der Waals surface area contributed by atoms with E-state index in [1.807, 2.05) is 34.9 Å². The van der Waals surface area contributed by atoms with E-state index in [2.05, 4.69) is 11.8 Å². The largest absolute Gasteiger partial charge is 0.390 e. The van der Waals surface area contributed by atoms with Gasteiger partial charge in [-0.05, 0) is 23.8 Å². The molecule has 31 heavy (non-hydrogen) atoms. The van der Waals surface area contributed by atoms with Crippen LogP contribution >= 0.6 is 12.2 Å². The number of amides is 2. The fraction of sp³-hybridized carbons (Fsp3) is 0.0870. The van der Waals surface area contributed by atoms with Gasteiger partial charge < -0.3 is 10.3 Å². The summed E-state index contributed by atoms with van der Waals surface area (Å²) in [5, 5.41) is 16.9. The predicted molar refractivity (Wildman–Crippen MR) is 122 cm³/mol. The van der Waals surface area contributed by atoms with Crippen LogP contribution in [0.15, 0.2) is 60.7 Å². The van der Waals surface area contributed by atoms with Crippen LogP contribution < -0.4 is 5.73 Å². The molecule has 7 nitrogen and oxygen atoms in total. The quantitative estimate of drug-likeness (QED) is 0.280. The van der Waals surface area contributed by atoms with Crippen LogP contribution in [0.5, 0.6) is 0 Å². The Morgan fingerprint density at radius 3 is 2.06 bits per heavy atom. The van der Waals surface area contributed by atoms with Crippen LogP contribution in [0.2, 0.25) is 0 Å². The SMILES string of the molecule is N#Cc1cc(C=S)n(CCN2C(=O)c3ccccc3C2=O)c1-c1ccccc1.N=CN. The third kappa shape index (κ3) is 4.13. The number of nitriles is 1. The molecule has 0 saturated carbocycles. The van der Waals surface area contributed by atoms with Gasteiger partial charge in [0.15, 0.2) is 0 Å². The molecule has 2 aromatic carbocycles. The maximum atomic E-state index is 12.6. The Hall–Kier alpha value is -4.09. The number of nitrogens with two attached hydrogens (primary N) is 1. The number of hydrogen-bond donors (Lipinski definition) is 2. The summed E-state index contributed by atoms with van der Waals surface area (Å²) in [4.78, 5) is 26.5. The van der Waals surface area contributed by atoms with E-state index in [0.717, 1.165) is 17.6 Å². The third-order valence-corrected chi connectivity index (χ3v) is 5.08. The molecule has 0 bridgehead atoms. The predicted octanol–water partition coefficient (Wildman–Crippen LogP) is 3.22. The Bertz CT molecular complexity index is 1160. The molecule has 1 aliphatic rings. The number of rotatable bonds is 5. The second-order valence-electron chi connectivity index (χ2n) is 6.55. The first kappa shape index (κ1) is 21.6. The zero-order chi connectivity index (χ0) is 22.4. The number of carbonyl (C=O) groups excluding carboxylic acids is 2. The number of benzene rings is 2. The van der Waals surface area contributed by atoms with Gasteiger partial charge in [-0.2, -0.15) is 5.26 Å². The summed E-state index contributed by atoms with van der Waals surface area (Å²) in [6.07, 6.45) is 0.750. The summed E-state index contributed by atoms with van der Waals surface area (Å²) in [6, 6.07) is 20.3. The maximum Gasteiger partial charge on any atom is 0.261 e. The van der Waals surface area contributed by atoms with E-state index in [-0.39, 0.29) is 18.4 Å². The van der Waals surface area contributed by atoms with E-state index in [1.54, 1.807) is 30.3 Å². The van der Waals surface area contributed by atoms with Crippen molar-refractivity contribution in [3.05, 3.63) is 83.0 Å². The van der Waals surface area contributed by atoms with E-state index in [1.165, 1.54) is 10.3 Å². The lowest BCUT2D eigenvalue weighted by Crippen LogP contribution is -2.33. The fourth-order valence-corrected chi connectivity index (χ4v) is 3.74. The molecule has 0 fully saturated rings. The molecule has 1 aromatic heterocycles. The highest BCUT2D eigenvalue weighted by atomic mass is 32.1. The molecule has 3 N–H and O–H groups in total. The van der Waals surface area contributed by atoms with Crippen molar-refractivity contribution in [3.8, 4) is 17.3 Å². The number of nitrogens with zero attached hydrogens (tertiary/aromatic N) is 3. The molecule has 8 heteroatoms. The molecular formula is C23H19N5O2S. The molecule has 3 aromatic rings. The average molecular weight is 430 g/mol. The number of fused-ring (bicyclic) bond motifs is 1. The number of nitrogens with one attached hydrogen (secondary N) is 1. The van der Waals surface area contributed by atoms with Gasteiger partial charge in [0.05, 0.1) is 34.4 Å². The van der Waals surface area contributed by atoms with Crippen molar-refractivity contribution in [1.82, 2.24) is 9.47 Å². The van der Waals surface area contributed by atoms with Gasteiger partial charge in [0.25, 0.3) is 11.8 Å². The van der Waals surface area contributed by atoms with E-state index in [4.69, 9.17) is 17.6 Å². The number of hydrogen-bond acceptors (Lipinski definition) is 5. The molecule has 0 spiro atoms. The first-order valence-electron chi connectivity index (χ1n) is 9.37. The highest BCUT2D eigenvalue weighted by Crippen LogP contribution is 2.28. The summed E-state index contributed by atoms with van der Waals surface area (Å²) >= 11 is 5.13. The minimum Gasteiger partial charge on any atom is -0.390 e. The summed E-state index contributed by atoms with van der Waals surface area (Å²) < 4.78 is 1.89. The van der Waals surface area contributed by atoms with Gasteiger partial charge in [-0.15, -0.1) is 0 Å². The minimum absolute atomic E-state index is 0.196. The summed E-state index contributed by atoms with van der Waals surface area (Å²) in [6.45, 7) is 0.543. The lowest BCUT2D eigenvalue weighted by Gasteiger charge is -2.17. The molecule has 1 aliphatic heterocycles. The number of aromatic nitrogens is 1. The molecular weight excluding hydrogens is 410 g/mol. The Labute approximate surface area is 184 Å². The van der Waals surface area contributed by atoms with Crippen molar-refractivity contribution in [2.45, 2.75) is 6.54 Å². The standard InChI is InChI=1S/C22H15N3O2S.CH4N2/c23-13-16-12-17(14-28)24(20(16)15-6-2-1-3-7-15)10-11-25-21(26)18-8-4-5-9-19(18)22(25)27;2-1-3/h1-9,12,14H,10-11H2;1H,(H3,2,3). The Balaban J connectivity index is 0.000000858. The molecule has 2 amide bonds. The second kappa shape index (κ2) is 9.61. The van der Waals surface area contributed by atoms with E-state index in [0.29, 0.717) is 28.9 Å². The van der Waals surface area contributed by atoms with Crippen molar-refractivity contribution in [1.29, 1.82) is 10.7 Å². The molecule has 154 valence electrons. The van der Waals surface area contributed by atoms with Gasteiger partial charge >= 0.3 is 0 Å². The summed E-state index contributed by atoms with van der Waals surface area (Å²) in [5.74, 6) is -0.586. The van der Waals surface area contributed by atoms with Crippen LogP contribution in [-0.4, -0.2) is 39.5 Å². The van der Waals surface area contributed by atoms with Crippen molar-refractivity contribution >= 4 is 35.7 Å². The monoisotopic (exact) mass is 429 g/mol. The average Bonchev–Trinajstić information content (AvgIpc) is 3.28. The third-order valence-electron chi connectivity index (χ3n) is 4.84. The molecule has 4 rings (SSSR count). The first-order chi connectivity index (χ1) is 15.1. The first-order valence-corrected chi connectivity index (χ1v) is 9.84. The van der Waals surface area contributed by atoms with E-state index < -0.39 is 0 Å². The molecule has 0 radical (unpaired) electrons. The molecule has 0 atom stereocenters. The van der Waals surface area contributed by atoms with Gasteiger partial charge in [0, 0.05) is 18.5 Å². The van der Waals surface area contributed by atoms with Crippen LogP contribution in [0.3, 0.4) is 0 Å². The molecule has 0 aliphatic carbocycles. The smallest absolute Gasteiger partial charge is 0.261 e. The lowest BCUT2D eigenvalue weighted by molar-refractivity contribution is 0.0649. The van der Waals surface area contributed by atoms with Crippen LogP contribution in [0, 0.1) is 16.7 Å². The van der Waals surface area contributed by atoms with Crippen molar-refractivity contribution in [2.24, 2.45) is 5.73 Å². The lowest BCUT2D eigenvalue weighted by atomic mass is 10.1. The highest BCUT2D eigenvalue weighted by molar-refractivity contribution is 7.79. The van der Waals surface area contributed by atoms with Crippen LogP contribution in [-0.2, 0) is 6.54 Å². The van der Waals surface area contributed by atoms with Crippen LogP contribution in [0.1, 0.15) is 32.0 Å². The van der Waals surface area contributed by atoms with Gasteiger partial charge in [-0.25, -0.2) is 0 Å². The summed E-state index contributed by atoms with van der Waals surface area (Å²) in [7, 11) is 0. The number of carbonyl (C=O) groups is 2. The van der Waals surface area contributed by atoms with E-state index in [9.17, 15) is 14.9 Å². The zero-order valence-corrected chi connectivity index (χ0v) is 17.3. The van der Waals surface area contributed by atoms with Crippen molar-refractivity contribution in [2.75, 3.05) is 6.54 Å². The van der Waals surface area contributed by atoms with Gasteiger partial charge in [0.1, 0.15) is 6.07 Å². The Morgan fingerprint density at radius 1 is 1.00 bits per heavy atom. The second-order valence-corrected chi connectivity index (χ2v) is 6.79. The van der Waals surface area contributed by atoms with Crippen LogP contribution in [0.4, 0.5) is 0 Å². The number of thiocarbonyl (C=S) groups is 1. The molecule has 0 unspecified atom stereocenters. The normalized spacial score (nSPS) is 11.9. The van der Waals surface area contributed by atoms with Gasteiger partial charge in [-0.3, -0.25) is 19.9 Å². The van der Waals surface area contributed by atoms with E-state index >= 15 is 0 Å². The number of imide groups is 1. The Kier molecular flexibility index (Phi) is 6.70. The topological polar surface area (TPSA) is 116 Å². The molecule has 2 heterocycles.